The smallest absolute Gasteiger partial charge is 0.343 e. The number of benzene rings is 4. The number of rotatable bonds is 10. The SMILES string of the molecule is CCOc1cc(C=NNC(=O)c2[nH]c3cc(Cl)cc(Cl)c3c2-c2ccccc2)ccc1OC(=O)c1ccc(OC(C)=O)c(OC)c1. The fourth-order valence-corrected chi connectivity index (χ4v) is 5.27. The number of aromatic nitrogens is 1. The van der Waals surface area contributed by atoms with E-state index in [9.17, 15) is 14.4 Å². The summed E-state index contributed by atoms with van der Waals surface area (Å²) in [5.74, 6) is -0.895. The number of nitrogens with zero attached hydrogens (tertiary/aromatic N) is 1. The number of nitrogens with one attached hydrogen (secondary N) is 2. The maximum absolute atomic E-state index is 13.3. The standard InChI is InChI=1S/C34H27Cl2N3O7/c1-4-44-29-14-20(10-12-27(29)46-34(42)22-11-13-26(45-19(2)40)28(15-22)43-3)18-37-39-33(41)32-30(21-8-6-5-7-9-21)31-24(36)16-23(35)17-25(31)38-32/h5-18,38H,4H2,1-3H3,(H,39,41). The zero-order chi connectivity index (χ0) is 32.8. The largest absolute Gasteiger partial charge is 0.493 e. The average Bonchev–Trinajstić information content (AvgIpc) is 3.42. The van der Waals surface area contributed by atoms with Crippen LogP contribution in [0.2, 0.25) is 10.0 Å². The second-order valence-corrected chi connectivity index (χ2v) is 10.6. The lowest BCUT2D eigenvalue weighted by Gasteiger charge is -2.13. The lowest BCUT2D eigenvalue weighted by molar-refractivity contribution is -0.132. The molecule has 0 aliphatic rings. The van der Waals surface area contributed by atoms with Crippen LogP contribution in [-0.4, -0.2) is 42.8 Å². The summed E-state index contributed by atoms with van der Waals surface area (Å²) in [4.78, 5) is 40.7. The Kier molecular flexibility index (Phi) is 9.90. The van der Waals surface area contributed by atoms with Crippen molar-refractivity contribution < 1.29 is 33.3 Å². The molecule has 12 heteroatoms. The molecule has 0 aliphatic heterocycles. The van der Waals surface area contributed by atoms with Gasteiger partial charge in [-0.15, -0.1) is 0 Å². The first kappa shape index (κ1) is 32.1. The molecule has 234 valence electrons. The molecule has 1 heterocycles. The molecule has 0 atom stereocenters. The van der Waals surface area contributed by atoms with Crippen molar-refractivity contribution in [3.8, 4) is 34.1 Å². The van der Waals surface area contributed by atoms with E-state index in [1.54, 1.807) is 37.3 Å². The number of hydrazone groups is 1. The summed E-state index contributed by atoms with van der Waals surface area (Å²) in [6.45, 7) is 3.34. The average molecular weight is 661 g/mol. The molecule has 0 fully saturated rings. The van der Waals surface area contributed by atoms with Gasteiger partial charge in [0.1, 0.15) is 5.69 Å². The Morgan fingerprint density at radius 3 is 2.35 bits per heavy atom. The number of esters is 2. The second kappa shape index (κ2) is 14.2. The van der Waals surface area contributed by atoms with Crippen LogP contribution < -0.4 is 24.4 Å². The summed E-state index contributed by atoms with van der Waals surface area (Å²) in [5.41, 5.74) is 5.56. The fourth-order valence-electron chi connectivity index (χ4n) is 4.68. The molecule has 2 N–H and O–H groups in total. The lowest BCUT2D eigenvalue weighted by atomic mass is 10.0. The molecule has 0 spiro atoms. The van der Waals surface area contributed by atoms with Gasteiger partial charge < -0.3 is 23.9 Å². The summed E-state index contributed by atoms with van der Waals surface area (Å²) >= 11 is 12.8. The van der Waals surface area contributed by atoms with Crippen molar-refractivity contribution in [3.63, 3.8) is 0 Å². The van der Waals surface area contributed by atoms with Gasteiger partial charge in [-0.05, 0) is 66.6 Å². The van der Waals surface area contributed by atoms with Crippen molar-refractivity contribution in [2.24, 2.45) is 5.10 Å². The lowest BCUT2D eigenvalue weighted by Crippen LogP contribution is -2.18. The summed E-state index contributed by atoms with van der Waals surface area (Å²) in [6.07, 6.45) is 1.43. The predicted octanol–water partition coefficient (Wildman–Crippen LogP) is 7.46. The zero-order valence-electron chi connectivity index (χ0n) is 24.9. The maximum atomic E-state index is 13.3. The number of amides is 1. The van der Waals surface area contributed by atoms with E-state index in [1.807, 2.05) is 30.3 Å². The minimum Gasteiger partial charge on any atom is -0.493 e. The molecule has 0 saturated heterocycles. The van der Waals surface area contributed by atoms with E-state index in [0.717, 1.165) is 5.56 Å². The van der Waals surface area contributed by atoms with Gasteiger partial charge >= 0.3 is 11.9 Å². The number of halogens is 2. The Morgan fingerprint density at radius 1 is 0.891 bits per heavy atom. The Morgan fingerprint density at radius 2 is 1.63 bits per heavy atom. The molecule has 4 aromatic carbocycles. The Balaban J connectivity index is 1.35. The van der Waals surface area contributed by atoms with Crippen LogP contribution in [0.5, 0.6) is 23.0 Å². The topological polar surface area (TPSA) is 128 Å². The van der Waals surface area contributed by atoms with E-state index in [1.165, 1.54) is 38.4 Å². The molecule has 46 heavy (non-hydrogen) atoms. The first-order chi connectivity index (χ1) is 22.2. The van der Waals surface area contributed by atoms with Gasteiger partial charge in [-0.25, -0.2) is 10.2 Å². The third kappa shape index (κ3) is 7.14. The highest BCUT2D eigenvalue weighted by atomic mass is 35.5. The summed E-state index contributed by atoms with van der Waals surface area (Å²) in [7, 11) is 1.39. The first-order valence-corrected chi connectivity index (χ1v) is 14.7. The summed E-state index contributed by atoms with van der Waals surface area (Å²) in [6, 6.07) is 21.8. The monoisotopic (exact) mass is 659 g/mol. The van der Waals surface area contributed by atoms with E-state index < -0.39 is 17.8 Å². The number of aromatic amines is 1. The minimum absolute atomic E-state index is 0.164. The van der Waals surface area contributed by atoms with Crippen molar-refractivity contribution >= 4 is 58.2 Å². The van der Waals surface area contributed by atoms with E-state index in [4.69, 9.17) is 42.1 Å². The van der Waals surface area contributed by atoms with Gasteiger partial charge in [0.2, 0.25) is 0 Å². The van der Waals surface area contributed by atoms with Gasteiger partial charge in [-0.3, -0.25) is 9.59 Å². The highest BCUT2D eigenvalue weighted by Crippen LogP contribution is 2.38. The van der Waals surface area contributed by atoms with Gasteiger partial charge in [-0.1, -0.05) is 53.5 Å². The number of fused-ring (bicyclic) bond motifs is 1. The Labute approximate surface area is 273 Å². The molecule has 1 aromatic heterocycles. The molecular formula is C34H27Cl2N3O7. The molecule has 5 aromatic rings. The van der Waals surface area contributed by atoms with Gasteiger partial charge in [0.25, 0.3) is 5.91 Å². The quantitative estimate of drug-likeness (QED) is 0.0689. The number of methoxy groups -OCH3 is 1. The van der Waals surface area contributed by atoms with E-state index in [2.05, 4.69) is 15.5 Å². The molecule has 0 radical (unpaired) electrons. The summed E-state index contributed by atoms with van der Waals surface area (Å²) in [5, 5.41) is 5.63. The number of H-pyrrole nitrogens is 1. The molecule has 1 amide bonds. The first-order valence-electron chi connectivity index (χ1n) is 13.9. The number of carbonyl (C=O) groups is 3. The van der Waals surface area contributed by atoms with Crippen LogP contribution in [0.4, 0.5) is 0 Å². The van der Waals surface area contributed by atoms with Crippen LogP contribution in [-0.2, 0) is 4.79 Å². The Bertz CT molecular complexity index is 1970. The fraction of sp³-hybridized carbons (Fsp3) is 0.118. The molecule has 0 unspecified atom stereocenters. The van der Waals surface area contributed by atoms with Crippen molar-refractivity contribution in [2.45, 2.75) is 13.8 Å². The van der Waals surface area contributed by atoms with E-state index in [-0.39, 0.29) is 34.3 Å². The third-order valence-corrected chi connectivity index (χ3v) is 7.12. The van der Waals surface area contributed by atoms with Crippen molar-refractivity contribution in [1.82, 2.24) is 10.4 Å². The van der Waals surface area contributed by atoms with Crippen LogP contribution in [0.25, 0.3) is 22.0 Å². The Hall–Kier alpha value is -5.32. The number of hydrogen-bond donors (Lipinski definition) is 2. The summed E-state index contributed by atoms with van der Waals surface area (Å²) < 4.78 is 21.6. The molecule has 0 bridgehead atoms. The number of ether oxygens (including phenoxy) is 4. The van der Waals surface area contributed by atoms with Gasteiger partial charge in [0.05, 0.1) is 30.5 Å². The minimum atomic E-state index is -0.684. The molecular weight excluding hydrogens is 633 g/mol. The van der Waals surface area contributed by atoms with E-state index in [0.29, 0.717) is 38.7 Å². The van der Waals surface area contributed by atoms with Crippen LogP contribution in [0.1, 0.15) is 40.3 Å². The molecule has 5 rings (SSSR count). The van der Waals surface area contributed by atoms with Crippen LogP contribution >= 0.6 is 23.2 Å². The molecule has 0 aliphatic carbocycles. The normalized spacial score (nSPS) is 11.0. The highest BCUT2D eigenvalue weighted by Gasteiger charge is 2.22. The number of hydrogen-bond acceptors (Lipinski definition) is 8. The van der Waals surface area contributed by atoms with Crippen molar-refractivity contribution in [3.05, 3.63) is 106 Å². The zero-order valence-corrected chi connectivity index (χ0v) is 26.4. The van der Waals surface area contributed by atoms with Gasteiger partial charge in [0.15, 0.2) is 23.0 Å². The van der Waals surface area contributed by atoms with Crippen LogP contribution in [0.3, 0.4) is 0 Å². The van der Waals surface area contributed by atoms with Crippen molar-refractivity contribution in [1.29, 1.82) is 0 Å². The van der Waals surface area contributed by atoms with E-state index >= 15 is 0 Å². The predicted molar refractivity (Wildman–Crippen MR) is 176 cm³/mol. The van der Waals surface area contributed by atoms with Gasteiger partial charge in [0, 0.05) is 28.4 Å². The number of carbonyl (C=O) groups excluding carboxylic acids is 3. The second-order valence-electron chi connectivity index (χ2n) is 9.74. The third-order valence-electron chi connectivity index (χ3n) is 6.61. The van der Waals surface area contributed by atoms with Crippen LogP contribution in [0, 0.1) is 0 Å². The maximum Gasteiger partial charge on any atom is 0.343 e. The van der Waals surface area contributed by atoms with Crippen molar-refractivity contribution in [2.75, 3.05) is 13.7 Å². The van der Waals surface area contributed by atoms with Gasteiger partial charge in [-0.2, -0.15) is 5.10 Å². The molecule has 10 nitrogen and oxygen atoms in total. The van der Waals surface area contributed by atoms with Crippen LogP contribution in [0.15, 0.2) is 84.0 Å². The highest BCUT2D eigenvalue weighted by molar-refractivity contribution is 6.40. The molecule has 0 saturated carbocycles.